The van der Waals surface area contributed by atoms with Gasteiger partial charge in [0.05, 0.1) is 12.5 Å². The van der Waals surface area contributed by atoms with Crippen LogP contribution in [0.15, 0.2) is 0 Å². The highest BCUT2D eigenvalue weighted by Crippen LogP contribution is 2.02. The van der Waals surface area contributed by atoms with E-state index in [4.69, 9.17) is 31.0 Å². The van der Waals surface area contributed by atoms with Crippen molar-refractivity contribution in [3.63, 3.8) is 0 Å². The Morgan fingerprint density at radius 3 is 1.65 bits per heavy atom. The molecule has 0 aliphatic carbocycles. The number of hydrogen-bond donors (Lipinski definition) is 8. The number of rotatable bonds is 12. The topological polar surface area (TPSA) is 263 Å². The first-order valence-electron chi connectivity index (χ1n) is 8.66. The second-order valence-corrected chi connectivity index (χ2v) is 6.07. The standard InChI is InChI=1S/C14H22N4O9.C2H4O2/c1-6(15)12(25)17-7(2-3-9(19)20)14(27)18-8(4-10(21)22)13(26)16-5-11(23)24;1-2(3)4/h6-8H,2-5,15H2,1H3,(H,16,26)(H,17,25)(H,18,27)(H,19,20)(H,21,22)(H,23,24);1H3,(H,3,4)/t6-,7-,8-;/m0./s1. The average Bonchev–Trinajstić information content (AvgIpc) is 2.60. The van der Waals surface area contributed by atoms with Gasteiger partial charge >= 0.3 is 17.9 Å². The van der Waals surface area contributed by atoms with E-state index >= 15 is 0 Å². The third-order valence-electron chi connectivity index (χ3n) is 3.12. The number of carboxylic acids is 4. The maximum atomic E-state index is 12.3. The normalized spacial score (nSPS) is 12.6. The quantitative estimate of drug-likeness (QED) is 0.147. The average molecular weight is 450 g/mol. The molecule has 0 aromatic rings. The molecular weight excluding hydrogens is 424 g/mol. The summed E-state index contributed by atoms with van der Waals surface area (Å²) >= 11 is 0. The zero-order chi connectivity index (χ0) is 24.7. The highest BCUT2D eigenvalue weighted by atomic mass is 16.4. The van der Waals surface area contributed by atoms with Crippen LogP contribution in [0.1, 0.15) is 33.1 Å². The molecule has 0 rings (SSSR count). The predicted molar refractivity (Wildman–Crippen MR) is 101 cm³/mol. The largest absolute Gasteiger partial charge is 0.481 e. The number of carbonyl (C=O) groups is 7. The Morgan fingerprint density at radius 2 is 1.26 bits per heavy atom. The van der Waals surface area contributed by atoms with Gasteiger partial charge < -0.3 is 42.1 Å². The molecule has 176 valence electrons. The zero-order valence-electron chi connectivity index (χ0n) is 16.8. The SMILES string of the molecule is CC(=O)O.C[C@H](N)C(=O)N[C@@H](CCC(=O)O)C(=O)N[C@@H](CC(=O)O)C(=O)NCC(=O)O. The van der Waals surface area contributed by atoms with E-state index in [-0.39, 0.29) is 6.42 Å². The molecule has 0 spiro atoms. The van der Waals surface area contributed by atoms with Crippen molar-refractivity contribution in [2.75, 3.05) is 6.54 Å². The fraction of sp³-hybridized carbons (Fsp3) is 0.562. The minimum atomic E-state index is -1.63. The summed E-state index contributed by atoms with van der Waals surface area (Å²) in [6.07, 6.45) is -1.69. The van der Waals surface area contributed by atoms with E-state index < -0.39 is 79.1 Å². The van der Waals surface area contributed by atoms with Crippen LogP contribution in [0.25, 0.3) is 0 Å². The summed E-state index contributed by atoms with van der Waals surface area (Å²) < 4.78 is 0. The second kappa shape index (κ2) is 15.1. The van der Waals surface area contributed by atoms with E-state index in [1.807, 2.05) is 5.32 Å². The fourth-order valence-corrected chi connectivity index (χ4v) is 1.78. The molecular formula is C16H26N4O11. The molecule has 0 aromatic carbocycles. The maximum Gasteiger partial charge on any atom is 0.322 e. The third-order valence-corrected chi connectivity index (χ3v) is 3.12. The molecule has 0 aliphatic heterocycles. The molecule has 15 heteroatoms. The predicted octanol–water partition coefficient (Wildman–Crippen LogP) is -3.07. The Labute approximate surface area is 176 Å². The molecule has 15 nitrogen and oxygen atoms in total. The first-order chi connectivity index (χ1) is 14.2. The minimum Gasteiger partial charge on any atom is -0.481 e. The Kier molecular flexibility index (Phi) is 14.4. The van der Waals surface area contributed by atoms with E-state index in [0.717, 1.165) is 6.92 Å². The van der Waals surface area contributed by atoms with Crippen LogP contribution in [-0.2, 0) is 33.6 Å². The Balaban J connectivity index is 0. The minimum absolute atomic E-state index is 0.337. The van der Waals surface area contributed by atoms with Crippen molar-refractivity contribution in [1.82, 2.24) is 16.0 Å². The molecule has 3 atom stereocenters. The molecule has 3 amide bonds. The number of aliphatic carboxylic acids is 4. The van der Waals surface area contributed by atoms with Gasteiger partial charge in [-0.2, -0.15) is 0 Å². The van der Waals surface area contributed by atoms with E-state index in [1.54, 1.807) is 0 Å². The number of amides is 3. The number of nitrogens with one attached hydrogen (secondary N) is 3. The molecule has 0 aromatic heterocycles. The van der Waals surface area contributed by atoms with Crippen LogP contribution in [0.3, 0.4) is 0 Å². The van der Waals surface area contributed by atoms with Gasteiger partial charge in [0.2, 0.25) is 17.7 Å². The Hall–Kier alpha value is -3.75. The Bertz CT molecular complexity index is 689. The number of nitrogens with two attached hydrogens (primary N) is 1. The van der Waals surface area contributed by atoms with Crippen molar-refractivity contribution < 1.29 is 54.0 Å². The van der Waals surface area contributed by atoms with Gasteiger partial charge in [-0.1, -0.05) is 0 Å². The number of hydrogen-bond acceptors (Lipinski definition) is 8. The Morgan fingerprint density at radius 1 is 0.774 bits per heavy atom. The van der Waals surface area contributed by atoms with Gasteiger partial charge in [0, 0.05) is 13.3 Å². The van der Waals surface area contributed by atoms with Crippen molar-refractivity contribution in [3.8, 4) is 0 Å². The molecule has 0 saturated carbocycles. The van der Waals surface area contributed by atoms with Crippen LogP contribution in [-0.4, -0.2) is 86.7 Å². The molecule has 0 saturated heterocycles. The van der Waals surface area contributed by atoms with Crippen molar-refractivity contribution in [2.24, 2.45) is 5.73 Å². The van der Waals surface area contributed by atoms with Gasteiger partial charge in [-0.05, 0) is 13.3 Å². The van der Waals surface area contributed by atoms with Crippen molar-refractivity contribution in [2.45, 2.75) is 51.2 Å². The summed E-state index contributed by atoms with van der Waals surface area (Å²) in [4.78, 5) is 76.9. The lowest BCUT2D eigenvalue weighted by Gasteiger charge is -2.22. The molecule has 0 bridgehead atoms. The van der Waals surface area contributed by atoms with E-state index in [2.05, 4.69) is 10.6 Å². The van der Waals surface area contributed by atoms with Crippen molar-refractivity contribution in [1.29, 1.82) is 0 Å². The van der Waals surface area contributed by atoms with Crippen LogP contribution in [0.2, 0.25) is 0 Å². The lowest BCUT2D eigenvalue weighted by atomic mass is 10.1. The molecule has 0 fully saturated rings. The van der Waals surface area contributed by atoms with Gasteiger partial charge in [-0.15, -0.1) is 0 Å². The van der Waals surface area contributed by atoms with Crippen LogP contribution in [0.5, 0.6) is 0 Å². The third kappa shape index (κ3) is 16.9. The number of carbonyl (C=O) groups excluding carboxylic acids is 3. The van der Waals surface area contributed by atoms with Crippen LogP contribution in [0, 0.1) is 0 Å². The van der Waals surface area contributed by atoms with Crippen LogP contribution >= 0.6 is 0 Å². The molecule has 9 N–H and O–H groups in total. The molecule has 0 radical (unpaired) electrons. The van der Waals surface area contributed by atoms with Crippen LogP contribution < -0.4 is 21.7 Å². The summed E-state index contributed by atoms with van der Waals surface area (Å²) in [5, 5.41) is 39.7. The highest BCUT2D eigenvalue weighted by Gasteiger charge is 2.29. The monoisotopic (exact) mass is 450 g/mol. The van der Waals surface area contributed by atoms with Gasteiger partial charge in [0.15, 0.2) is 0 Å². The van der Waals surface area contributed by atoms with Gasteiger partial charge in [0.1, 0.15) is 18.6 Å². The summed E-state index contributed by atoms with van der Waals surface area (Å²) in [6, 6.07) is -4.02. The summed E-state index contributed by atoms with van der Waals surface area (Å²) in [5.74, 6) is -7.75. The van der Waals surface area contributed by atoms with Gasteiger partial charge in [0.25, 0.3) is 5.97 Å². The summed E-state index contributed by atoms with van der Waals surface area (Å²) in [7, 11) is 0. The smallest absolute Gasteiger partial charge is 0.322 e. The lowest BCUT2D eigenvalue weighted by molar-refractivity contribution is -0.141. The fourth-order valence-electron chi connectivity index (χ4n) is 1.78. The summed E-state index contributed by atoms with van der Waals surface area (Å²) in [5.41, 5.74) is 5.37. The van der Waals surface area contributed by atoms with E-state index in [0.29, 0.717) is 0 Å². The molecule has 0 unspecified atom stereocenters. The van der Waals surface area contributed by atoms with Gasteiger partial charge in [-0.25, -0.2) is 0 Å². The highest BCUT2D eigenvalue weighted by molar-refractivity contribution is 5.95. The summed E-state index contributed by atoms with van der Waals surface area (Å²) in [6.45, 7) is 1.61. The first-order valence-corrected chi connectivity index (χ1v) is 8.66. The molecule has 0 heterocycles. The van der Waals surface area contributed by atoms with Crippen molar-refractivity contribution in [3.05, 3.63) is 0 Å². The van der Waals surface area contributed by atoms with Crippen molar-refractivity contribution >= 4 is 41.6 Å². The van der Waals surface area contributed by atoms with E-state index in [9.17, 15) is 28.8 Å². The first kappa shape index (κ1) is 29.5. The maximum absolute atomic E-state index is 12.3. The number of carboxylic acid groups (broad SMARTS) is 4. The zero-order valence-corrected chi connectivity index (χ0v) is 16.8. The lowest BCUT2D eigenvalue weighted by Crippen LogP contribution is -2.56. The second-order valence-electron chi connectivity index (χ2n) is 6.07. The van der Waals surface area contributed by atoms with Crippen LogP contribution in [0.4, 0.5) is 0 Å². The molecule has 31 heavy (non-hydrogen) atoms. The van der Waals surface area contributed by atoms with Gasteiger partial charge in [-0.3, -0.25) is 33.6 Å². The molecule has 0 aliphatic rings. The van der Waals surface area contributed by atoms with E-state index in [1.165, 1.54) is 6.92 Å².